The fourth-order valence-corrected chi connectivity index (χ4v) is 2.15. The van der Waals surface area contributed by atoms with E-state index in [9.17, 15) is 4.79 Å². The molecule has 1 aliphatic rings. The Kier molecular flexibility index (Phi) is 4.83. The van der Waals surface area contributed by atoms with Crippen LogP contribution in [0, 0.1) is 5.92 Å². The van der Waals surface area contributed by atoms with Gasteiger partial charge in [0.1, 0.15) is 6.26 Å². The van der Waals surface area contributed by atoms with Gasteiger partial charge in [-0.05, 0) is 34.8 Å². The molecular weight excluding hydrogens is 295 g/mol. The maximum Gasteiger partial charge on any atom is 0.257 e. The summed E-state index contributed by atoms with van der Waals surface area (Å²) in [4.78, 5) is 13.8. The number of amides is 1. The molecule has 1 fully saturated rings. The van der Waals surface area contributed by atoms with Crippen molar-refractivity contribution in [2.45, 2.75) is 6.42 Å². The lowest BCUT2D eigenvalue weighted by Gasteiger charge is -2.14. The number of rotatable bonds is 2. The SMILES string of the molecule is Cl.NCC1CCN(C(=O)c2coc(Br)c2)C1. The molecule has 1 saturated heterocycles. The molecule has 1 amide bonds. The topological polar surface area (TPSA) is 59.5 Å². The van der Waals surface area contributed by atoms with Crippen LogP contribution >= 0.6 is 28.3 Å². The van der Waals surface area contributed by atoms with Crippen molar-refractivity contribution in [3.05, 3.63) is 22.6 Å². The molecule has 16 heavy (non-hydrogen) atoms. The molecule has 0 aliphatic carbocycles. The minimum atomic E-state index is 0. The first-order chi connectivity index (χ1) is 7.20. The van der Waals surface area contributed by atoms with E-state index < -0.39 is 0 Å². The largest absolute Gasteiger partial charge is 0.457 e. The Morgan fingerprint density at radius 1 is 1.69 bits per heavy atom. The molecule has 0 aromatic carbocycles. The molecule has 1 atom stereocenters. The highest BCUT2D eigenvalue weighted by atomic mass is 79.9. The maximum atomic E-state index is 11.9. The summed E-state index contributed by atoms with van der Waals surface area (Å²) in [6, 6.07) is 1.69. The van der Waals surface area contributed by atoms with Crippen LogP contribution in [-0.2, 0) is 0 Å². The summed E-state index contributed by atoms with van der Waals surface area (Å²) in [5, 5.41) is 0. The van der Waals surface area contributed by atoms with E-state index in [0.717, 1.165) is 19.5 Å². The predicted molar refractivity (Wildman–Crippen MR) is 66.7 cm³/mol. The second-order valence-corrected chi connectivity index (χ2v) is 4.56. The molecule has 0 spiro atoms. The van der Waals surface area contributed by atoms with Gasteiger partial charge in [0.2, 0.25) is 0 Å². The van der Waals surface area contributed by atoms with Crippen LogP contribution in [0.1, 0.15) is 16.8 Å². The monoisotopic (exact) mass is 308 g/mol. The van der Waals surface area contributed by atoms with Crippen LogP contribution in [0.2, 0.25) is 0 Å². The molecule has 2 rings (SSSR count). The summed E-state index contributed by atoms with van der Waals surface area (Å²) < 4.78 is 5.63. The van der Waals surface area contributed by atoms with Gasteiger partial charge in [-0.25, -0.2) is 0 Å². The number of hydrogen-bond donors (Lipinski definition) is 1. The van der Waals surface area contributed by atoms with Crippen molar-refractivity contribution in [2.75, 3.05) is 19.6 Å². The molecule has 1 aromatic heterocycles. The van der Waals surface area contributed by atoms with Crippen LogP contribution in [0.25, 0.3) is 0 Å². The van der Waals surface area contributed by atoms with E-state index >= 15 is 0 Å². The molecule has 2 heterocycles. The number of nitrogens with zero attached hydrogens (tertiary/aromatic N) is 1. The first kappa shape index (κ1) is 13.5. The van der Waals surface area contributed by atoms with E-state index in [4.69, 9.17) is 10.2 Å². The van der Waals surface area contributed by atoms with Gasteiger partial charge < -0.3 is 15.1 Å². The number of halogens is 2. The zero-order chi connectivity index (χ0) is 10.8. The van der Waals surface area contributed by atoms with Gasteiger partial charge in [0, 0.05) is 19.2 Å². The molecule has 2 N–H and O–H groups in total. The molecule has 0 radical (unpaired) electrons. The lowest BCUT2D eigenvalue weighted by atomic mass is 10.1. The molecule has 4 nitrogen and oxygen atoms in total. The third kappa shape index (κ3) is 2.78. The molecule has 1 aliphatic heterocycles. The van der Waals surface area contributed by atoms with Gasteiger partial charge in [0.15, 0.2) is 4.67 Å². The highest BCUT2D eigenvalue weighted by Gasteiger charge is 2.26. The van der Waals surface area contributed by atoms with Gasteiger partial charge in [-0.1, -0.05) is 0 Å². The highest BCUT2D eigenvalue weighted by Crippen LogP contribution is 2.20. The van der Waals surface area contributed by atoms with Gasteiger partial charge in [0.25, 0.3) is 5.91 Å². The number of carbonyl (C=O) groups is 1. The van der Waals surface area contributed by atoms with Crippen molar-refractivity contribution in [1.29, 1.82) is 0 Å². The Morgan fingerprint density at radius 2 is 2.44 bits per heavy atom. The zero-order valence-corrected chi connectivity index (χ0v) is 11.1. The summed E-state index contributed by atoms with van der Waals surface area (Å²) in [5.74, 6) is 0.477. The normalized spacial score (nSPS) is 19.6. The Morgan fingerprint density at radius 3 is 2.94 bits per heavy atom. The summed E-state index contributed by atoms with van der Waals surface area (Å²) in [7, 11) is 0. The molecular formula is C10H14BrClN2O2. The first-order valence-corrected chi connectivity index (χ1v) is 5.73. The van der Waals surface area contributed by atoms with Crippen LogP contribution in [0.4, 0.5) is 0 Å². The fraction of sp³-hybridized carbons (Fsp3) is 0.500. The second-order valence-electron chi connectivity index (χ2n) is 3.78. The van der Waals surface area contributed by atoms with Gasteiger partial charge in [0.05, 0.1) is 5.56 Å². The van der Waals surface area contributed by atoms with Crippen LogP contribution in [0.15, 0.2) is 21.4 Å². The third-order valence-corrected chi connectivity index (χ3v) is 3.14. The molecule has 1 unspecified atom stereocenters. The number of carbonyl (C=O) groups excluding carboxylic acids is 1. The number of likely N-dealkylation sites (tertiary alicyclic amines) is 1. The van der Waals surface area contributed by atoms with E-state index in [1.807, 2.05) is 4.90 Å². The minimum Gasteiger partial charge on any atom is -0.457 e. The van der Waals surface area contributed by atoms with E-state index in [1.165, 1.54) is 6.26 Å². The van der Waals surface area contributed by atoms with E-state index in [0.29, 0.717) is 22.7 Å². The zero-order valence-electron chi connectivity index (χ0n) is 8.69. The smallest absolute Gasteiger partial charge is 0.257 e. The van der Waals surface area contributed by atoms with Gasteiger partial charge in [-0.15, -0.1) is 12.4 Å². The summed E-state index contributed by atoms with van der Waals surface area (Å²) in [6.45, 7) is 2.21. The molecule has 0 saturated carbocycles. The second kappa shape index (κ2) is 5.70. The third-order valence-electron chi connectivity index (χ3n) is 2.72. The van der Waals surface area contributed by atoms with Crippen molar-refractivity contribution in [3.63, 3.8) is 0 Å². The number of nitrogens with two attached hydrogens (primary N) is 1. The fourth-order valence-electron chi connectivity index (χ4n) is 1.81. The van der Waals surface area contributed by atoms with Gasteiger partial charge in [-0.3, -0.25) is 4.79 Å². The van der Waals surface area contributed by atoms with Crippen LogP contribution in [0.3, 0.4) is 0 Å². The van der Waals surface area contributed by atoms with Crippen LogP contribution in [-0.4, -0.2) is 30.4 Å². The number of furan rings is 1. The molecule has 1 aromatic rings. The van der Waals surface area contributed by atoms with Crippen molar-refractivity contribution < 1.29 is 9.21 Å². The molecule has 0 bridgehead atoms. The first-order valence-electron chi connectivity index (χ1n) is 4.94. The minimum absolute atomic E-state index is 0. The highest BCUT2D eigenvalue weighted by molar-refractivity contribution is 9.10. The Balaban J connectivity index is 0.00000128. The lowest BCUT2D eigenvalue weighted by Crippen LogP contribution is -2.29. The average molecular weight is 310 g/mol. The quantitative estimate of drug-likeness (QED) is 0.907. The summed E-state index contributed by atoms with van der Waals surface area (Å²) >= 11 is 3.18. The summed E-state index contributed by atoms with van der Waals surface area (Å²) in [6.07, 6.45) is 2.48. The molecule has 90 valence electrons. The standard InChI is InChI=1S/C10H13BrN2O2.ClH/c11-9-3-8(6-15-9)10(14)13-2-1-7(4-12)5-13;/h3,6-7H,1-2,4-5,12H2;1H. The van der Waals surface area contributed by atoms with Crippen LogP contribution in [0.5, 0.6) is 0 Å². The Labute approximate surface area is 109 Å². The van der Waals surface area contributed by atoms with Crippen LogP contribution < -0.4 is 5.73 Å². The maximum absolute atomic E-state index is 11.9. The number of hydrogen-bond acceptors (Lipinski definition) is 3. The lowest BCUT2D eigenvalue weighted by molar-refractivity contribution is 0.0787. The van der Waals surface area contributed by atoms with Crippen molar-refractivity contribution in [1.82, 2.24) is 4.90 Å². The molecule has 6 heteroatoms. The predicted octanol–water partition coefficient (Wildman–Crippen LogP) is 1.88. The van der Waals surface area contributed by atoms with Crippen molar-refractivity contribution in [2.24, 2.45) is 11.7 Å². The van der Waals surface area contributed by atoms with Gasteiger partial charge in [-0.2, -0.15) is 0 Å². The van der Waals surface area contributed by atoms with E-state index in [-0.39, 0.29) is 18.3 Å². The summed E-state index contributed by atoms with van der Waals surface area (Å²) in [5.41, 5.74) is 6.17. The van der Waals surface area contributed by atoms with E-state index in [1.54, 1.807) is 6.07 Å². The van der Waals surface area contributed by atoms with Gasteiger partial charge >= 0.3 is 0 Å². The Hall–Kier alpha value is -0.520. The van der Waals surface area contributed by atoms with E-state index in [2.05, 4.69) is 15.9 Å². The average Bonchev–Trinajstić information content (AvgIpc) is 2.84. The van der Waals surface area contributed by atoms with Crippen molar-refractivity contribution in [3.8, 4) is 0 Å². The van der Waals surface area contributed by atoms with Crippen molar-refractivity contribution >= 4 is 34.2 Å². The Bertz CT molecular complexity index is 369.